The van der Waals surface area contributed by atoms with Gasteiger partial charge in [-0.15, -0.1) is 20.7 Å². The van der Waals surface area contributed by atoms with Gasteiger partial charge in [0, 0.05) is 4.43 Å². The molecule has 0 spiro atoms. The third kappa shape index (κ3) is 8.31. The van der Waals surface area contributed by atoms with Gasteiger partial charge in [0.2, 0.25) is 0 Å². The monoisotopic (exact) mass is 506 g/mol. The predicted molar refractivity (Wildman–Crippen MR) is 140 cm³/mol. The highest BCUT2D eigenvalue weighted by Gasteiger charge is 2.20. The van der Waals surface area contributed by atoms with Crippen LogP contribution < -0.4 is 0 Å². The SMILES string of the molecule is CCC1C=CC(CCCCC(CC)CC2CC=C(CC3C=CC=CC3)CC2)=IC1. The third-order valence-electron chi connectivity index (χ3n) is 7.25. The maximum atomic E-state index is 2.62. The van der Waals surface area contributed by atoms with Gasteiger partial charge in [0.25, 0.3) is 0 Å². The molecule has 4 unspecified atom stereocenters. The van der Waals surface area contributed by atoms with E-state index in [9.17, 15) is 0 Å². The molecule has 0 aromatic rings. The zero-order valence-corrected chi connectivity index (χ0v) is 21.1. The Morgan fingerprint density at radius 3 is 2.66 bits per heavy atom. The summed E-state index contributed by atoms with van der Waals surface area (Å²) in [6.07, 6.45) is 33.5. The van der Waals surface area contributed by atoms with E-state index in [2.05, 4.69) is 56.4 Å². The number of rotatable bonds is 11. The average molecular weight is 507 g/mol. The second-order valence-electron chi connectivity index (χ2n) is 9.53. The van der Waals surface area contributed by atoms with Crippen molar-refractivity contribution in [1.29, 1.82) is 0 Å². The van der Waals surface area contributed by atoms with Crippen molar-refractivity contribution in [3.05, 3.63) is 48.1 Å². The van der Waals surface area contributed by atoms with Crippen molar-refractivity contribution in [2.45, 2.75) is 90.9 Å². The van der Waals surface area contributed by atoms with E-state index >= 15 is 0 Å². The molecule has 0 saturated carbocycles. The molecule has 2 aliphatic carbocycles. The van der Waals surface area contributed by atoms with E-state index in [1.165, 1.54) is 81.5 Å². The smallest absolute Gasteiger partial charge is 0.00131 e. The highest BCUT2D eigenvalue weighted by Crippen LogP contribution is 2.34. The highest BCUT2D eigenvalue weighted by molar-refractivity contribution is 14.2. The van der Waals surface area contributed by atoms with E-state index in [-0.39, 0.29) is 0 Å². The van der Waals surface area contributed by atoms with Gasteiger partial charge in [0.05, 0.1) is 0 Å². The first-order valence-corrected chi connectivity index (χ1v) is 15.0. The zero-order chi connectivity index (χ0) is 20.3. The minimum Gasteiger partial charge on any atom is -0.119 e. The largest absolute Gasteiger partial charge is 0.119 e. The van der Waals surface area contributed by atoms with Crippen LogP contribution in [0.2, 0.25) is 0 Å². The van der Waals surface area contributed by atoms with Crippen LogP contribution in [0.1, 0.15) is 90.9 Å². The topological polar surface area (TPSA) is 0 Å². The van der Waals surface area contributed by atoms with Crippen LogP contribution in [0.25, 0.3) is 0 Å². The standard InChI is InChI=1S/C28H43I/c1-3-23(10-8-9-13-28-19-18-24(4-2)22-29-28)20-26-14-16-27(17-15-26)21-25-11-6-5-7-12-25/h5-7,11,16,18-19,23-26H,3-4,8-10,12-15,17,20-22H2,1-2H3. The molecule has 1 heteroatoms. The highest BCUT2D eigenvalue weighted by atomic mass is 127. The second kappa shape index (κ2) is 13.1. The number of unbranched alkanes of at least 4 members (excludes halogenated alkanes) is 1. The van der Waals surface area contributed by atoms with Crippen molar-refractivity contribution in [2.24, 2.45) is 23.7 Å². The first kappa shape index (κ1) is 23.2. The summed E-state index contributed by atoms with van der Waals surface area (Å²) in [4.78, 5) is 0. The number of allylic oxidation sites excluding steroid dienone is 8. The molecule has 1 heterocycles. The van der Waals surface area contributed by atoms with Crippen LogP contribution in [0.15, 0.2) is 48.1 Å². The fraction of sp³-hybridized carbons (Fsp3) is 0.679. The van der Waals surface area contributed by atoms with Gasteiger partial charge in [0.15, 0.2) is 0 Å². The molecule has 162 valence electrons. The van der Waals surface area contributed by atoms with Gasteiger partial charge in [-0.2, -0.15) is 0 Å². The normalized spacial score (nSPS) is 27.9. The van der Waals surface area contributed by atoms with Crippen LogP contribution in [0.3, 0.4) is 0 Å². The number of alkyl halides is 1. The molecule has 0 aromatic carbocycles. The van der Waals surface area contributed by atoms with Gasteiger partial charge >= 0.3 is 0 Å². The van der Waals surface area contributed by atoms with Crippen molar-refractivity contribution in [1.82, 2.24) is 0 Å². The molecule has 29 heavy (non-hydrogen) atoms. The van der Waals surface area contributed by atoms with Gasteiger partial charge in [0.1, 0.15) is 0 Å². The van der Waals surface area contributed by atoms with Crippen LogP contribution in [-0.4, -0.2) is 7.94 Å². The van der Waals surface area contributed by atoms with Crippen LogP contribution in [0.4, 0.5) is 0 Å². The average Bonchev–Trinajstić information content (AvgIpc) is 2.78. The van der Waals surface area contributed by atoms with Crippen LogP contribution >= 0.6 is 20.7 Å². The first-order valence-electron chi connectivity index (χ1n) is 12.4. The second-order valence-corrected chi connectivity index (χ2v) is 12.6. The molecule has 3 aliphatic rings. The minimum atomic E-state index is 0.354. The molecule has 1 aliphatic heterocycles. The van der Waals surface area contributed by atoms with Crippen molar-refractivity contribution >= 4 is 24.2 Å². The fourth-order valence-corrected chi connectivity index (χ4v) is 8.35. The summed E-state index contributed by atoms with van der Waals surface area (Å²) in [6.45, 7) is 4.76. The number of halogens is 1. The third-order valence-corrected chi connectivity index (χ3v) is 10.7. The summed E-state index contributed by atoms with van der Waals surface area (Å²) in [5.74, 6) is 3.58. The lowest BCUT2D eigenvalue weighted by Gasteiger charge is -2.27. The molecule has 0 aromatic heterocycles. The molecular weight excluding hydrogens is 463 g/mol. The molecule has 4 atom stereocenters. The van der Waals surface area contributed by atoms with Crippen molar-refractivity contribution in [3.8, 4) is 0 Å². The molecule has 0 N–H and O–H groups in total. The summed E-state index contributed by atoms with van der Waals surface area (Å²) in [7, 11) is 0. The van der Waals surface area contributed by atoms with Crippen molar-refractivity contribution in [3.63, 3.8) is 0 Å². The number of hydrogen-bond donors (Lipinski definition) is 0. The summed E-state index contributed by atoms with van der Waals surface area (Å²) in [5.41, 5.74) is 1.74. The summed E-state index contributed by atoms with van der Waals surface area (Å²) >= 11 is 0.354. The minimum absolute atomic E-state index is 0.354. The molecule has 0 bridgehead atoms. The Morgan fingerprint density at radius 2 is 2.00 bits per heavy atom. The molecule has 0 radical (unpaired) electrons. The Hall–Kier alpha value is -0.440. The van der Waals surface area contributed by atoms with Crippen molar-refractivity contribution < 1.29 is 0 Å². The summed E-state index contributed by atoms with van der Waals surface area (Å²) in [5, 5.41) is 0. The van der Waals surface area contributed by atoms with Gasteiger partial charge in [-0.1, -0.05) is 81.2 Å². The van der Waals surface area contributed by atoms with Gasteiger partial charge in [-0.3, -0.25) is 0 Å². The Kier molecular flexibility index (Phi) is 10.5. The molecule has 0 saturated heterocycles. The lowest BCUT2D eigenvalue weighted by molar-refractivity contribution is 0.315. The van der Waals surface area contributed by atoms with Crippen LogP contribution in [-0.2, 0) is 0 Å². The van der Waals surface area contributed by atoms with Crippen LogP contribution in [0, 0.1) is 23.7 Å². The summed E-state index contributed by atoms with van der Waals surface area (Å²) in [6, 6.07) is 0. The van der Waals surface area contributed by atoms with Gasteiger partial charge in [-0.05, 0) is 85.0 Å². The lowest BCUT2D eigenvalue weighted by atomic mass is 9.79. The van der Waals surface area contributed by atoms with E-state index in [1.807, 2.05) is 3.51 Å². The van der Waals surface area contributed by atoms with E-state index in [0.717, 1.165) is 23.7 Å². The maximum absolute atomic E-state index is 2.62. The van der Waals surface area contributed by atoms with Gasteiger partial charge in [-0.25, -0.2) is 0 Å². The maximum Gasteiger partial charge on any atom is 0.00131 e. The predicted octanol–water partition coefficient (Wildman–Crippen LogP) is 8.95. The Morgan fingerprint density at radius 1 is 1.07 bits per heavy atom. The van der Waals surface area contributed by atoms with Crippen molar-refractivity contribution in [2.75, 3.05) is 4.43 Å². The molecule has 0 nitrogen and oxygen atoms in total. The Labute approximate surface area is 190 Å². The molecule has 0 fully saturated rings. The summed E-state index contributed by atoms with van der Waals surface area (Å²) < 4.78 is 3.33. The lowest BCUT2D eigenvalue weighted by Crippen LogP contribution is -2.13. The van der Waals surface area contributed by atoms with E-state index in [4.69, 9.17) is 0 Å². The Balaban J connectivity index is 1.31. The molecular formula is C28H43I. The van der Waals surface area contributed by atoms with E-state index in [0.29, 0.717) is 20.7 Å². The Bertz CT molecular complexity index is 633. The van der Waals surface area contributed by atoms with E-state index < -0.39 is 0 Å². The van der Waals surface area contributed by atoms with E-state index in [1.54, 1.807) is 5.57 Å². The quantitative estimate of drug-likeness (QED) is 0.114. The van der Waals surface area contributed by atoms with Gasteiger partial charge < -0.3 is 0 Å². The number of hydrogen-bond acceptors (Lipinski definition) is 0. The first-order chi connectivity index (χ1) is 14.3. The zero-order valence-electron chi connectivity index (χ0n) is 18.9. The molecule has 0 amide bonds. The van der Waals surface area contributed by atoms with Crippen LogP contribution in [0.5, 0.6) is 0 Å². The fourth-order valence-electron chi connectivity index (χ4n) is 5.08. The molecule has 3 rings (SSSR count).